The van der Waals surface area contributed by atoms with E-state index < -0.39 is 11.6 Å². The molecule has 3 heteroatoms. The molecule has 1 saturated carbocycles. The van der Waals surface area contributed by atoms with Gasteiger partial charge < -0.3 is 0 Å². The van der Waals surface area contributed by atoms with Crippen molar-refractivity contribution in [1.82, 2.24) is 0 Å². The van der Waals surface area contributed by atoms with Crippen LogP contribution in [0.2, 0.25) is 18.1 Å². The van der Waals surface area contributed by atoms with Gasteiger partial charge in [0.25, 0.3) is 0 Å². The molecule has 0 spiro atoms. The molecular formula is C20H29F2Si. The number of halogens is 2. The van der Waals surface area contributed by atoms with Crippen molar-refractivity contribution in [3.05, 3.63) is 35.4 Å². The molecule has 0 nitrogen and oxygen atoms in total. The molecule has 0 atom stereocenters. The van der Waals surface area contributed by atoms with Gasteiger partial charge >= 0.3 is 0 Å². The number of benzene rings is 1. The maximum absolute atomic E-state index is 13.4. The zero-order chi connectivity index (χ0) is 16.2. The molecule has 0 N–H and O–H groups in total. The highest BCUT2D eigenvalue weighted by atomic mass is 28.3. The van der Waals surface area contributed by atoms with Gasteiger partial charge in [-0.2, -0.15) is 0 Å². The summed E-state index contributed by atoms with van der Waals surface area (Å²) in [6.45, 7) is 2.32. The number of hydrogen-bond acceptors (Lipinski definition) is 0. The highest BCUT2D eigenvalue weighted by Gasteiger charge is 2.31. The molecule has 2 aliphatic rings. The normalized spacial score (nSPS) is 27.3. The molecule has 0 unspecified atom stereocenters. The van der Waals surface area contributed by atoms with E-state index in [0.717, 1.165) is 30.2 Å². The topological polar surface area (TPSA) is 0 Å². The van der Waals surface area contributed by atoms with Crippen LogP contribution in [0.25, 0.3) is 0 Å². The lowest BCUT2D eigenvalue weighted by molar-refractivity contribution is 0.216. The van der Waals surface area contributed by atoms with Crippen LogP contribution in [0.15, 0.2) is 18.2 Å². The van der Waals surface area contributed by atoms with E-state index >= 15 is 0 Å². The van der Waals surface area contributed by atoms with E-state index in [1.807, 2.05) is 0 Å². The predicted octanol–water partition coefficient (Wildman–Crippen LogP) is 6.55. The average Bonchev–Trinajstić information content (AvgIpc) is 2.59. The zero-order valence-corrected chi connectivity index (χ0v) is 15.3. The van der Waals surface area contributed by atoms with E-state index in [0.29, 0.717) is 5.92 Å². The van der Waals surface area contributed by atoms with Gasteiger partial charge in [0, 0.05) is 8.80 Å². The summed E-state index contributed by atoms with van der Waals surface area (Å²) in [6, 6.07) is 9.07. The standard InChI is InChI=1S/C20H29F2Si/c1-2-11-23-12-9-17(10-13-23)15-3-5-16(6-4-15)18-7-8-19(21)20(22)14-18/h7-8,14-17H,2-6,9-13H2,1H3. The van der Waals surface area contributed by atoms with Gasteiger partial charge in [0.2, 0.25) is 0 Å². The van der Waals surface area contributed by atoms with Crippen molar-refractivity contribution in [3.63, 3.8) is 0 Å². The maximum atomic E-state index is 13.4. The van der Waals surface area contributed by atoms with Gasteiger partial charge in [-0.1, -0.05) is 50.4 Å². The Morgan fingerprint density at radius 2 is 1.57 bits per heavy atom. The van der Waals surface area contributed by atoms with E-state index in [9.17, 15) is 8.78 Å². The lowest BCUT2D eigenvalue weighted by Gasteiger charge is -2.37. The molecule has 0 bridgehead atoms. The fourth-order valence-electron chi connectivity index (χ4n) is 4.81. The Balaban J connectivity index is 1.50. The minimum atomic E-state index is -0.727. The second kappa shape index (κ2) is 7.91. The van der Waals surface area contributed by atoms with Crippen molar-refractivity contribution in [2.24, 2.45) is 11.8 Å². The van der Waals surface area contributed by atoms with Gasteiger partial charge in [0.1, 0.15) is 0 Å². The molecular weight excluding hydrogens is 306 g/mol. The Hall–Kier alpha value is -0.703. The Kier molecular flexibility index (Phi) is 5.89. The molecule has 127 valence electrons. The Morgan fingerprint density at radius 1 is 0.913 bits per heavy atom. The highest BCUT2D eigenvalue weighted by Crippen LogP contribution is 2.43. The van der Waals surface area contributed by atoms with E-state index in [-0.39, 0.29) is 8.80 Å². The van der Waals surface area contributed by atoms with Crippen molar-refractivity contribution < 1.29 is 8.78 Å². The van der Waals surface area contributed by atoms with Crippen LogP contribution in [0.4, 0.5) is 8.78 Å². The summed E-state index contributed by atoms with van der Waals surface area (Å²) in [7, 11) is -0.00832. The maximum Gasteiger partial charge on any atom is 0.159 e. The van der Waals surface area contributed by atoms with Crippen LogP contribution >= 0.6 is 0 Å². The van der Waals surface area contributed by atoms with Crippen LogP contribution in [0.3, 0.4) is 0 Å². The van der Waals surface area contributed by atoms with E-state index in [1.165, 1.54) is 62.4 Å². The molecule has 23 heavy (non-hydrogen) atoms. The number of hydrogen-bond donors (Lipinski definition) is 0. The van der Waals surface area contributed by atoms with Crippen molar-refractivity contribution in [2.45, 2.75) is 75.9 Å². The molecule has 2 fully saturated rings. The smallest absolute Gasteiger partial charge is 0.159 e. The summed E-state index contributed by atoms with van der Waals surface area (Å²) >= 11 is 0. The van der Waals surface area contributed by atoms with Crippen LogP contribution in [0, 0.1) is 23.5 Å². The first kappa shape index (κ1) is 17.1. The first-order valence-electron chi connectivity index (χ1n) is 9.46. The van der Waals surface area contributed by atoms with Crippen molar-refractivity contribution in [1.29, 1.82) is 0 Å². The molecule has 1 aliphatic carbocycles. The summed E-state index contributed by atoms with van der Waals surface area (Å²) in [5.74, 6) is 0.856. The second-order valence-corrected chi connectivity index (χ2v) is 10.6. The van der Waals surface area contributed by atoms with Crippen LogP contribution in [0.1, 0.15) is 63.4 Å². The lowest BCUT2D eigenvalue weighted by Crippen LogP contribution is -2.28. The van der Waals surface area contributed by atoms with Crippen molar-refractivity contribution in [3.8, 4) is 0 Å². The van der Waals surface area contributed by atoms with Crippen molar-refractivity contribution >= 4 is 8.80 Å². The fraction of sp³-hybridized carbons (Fsp3) is 0.700. The monoisotopic (exact) mass is 335 g/mol. The third-order valence-corrected chi connectivity index (χ3v) is 9.39. The molecule has 1 heterocycles. The highest BCUT2D eigenvalue weighted by molar-refractivity contribution is 6.58. The molecule has 0 aromatic heterocycles. The Morgan fingerprint density at radius 3 is 2.17 bits per heavy atom. The fourth-order valence-corrected chi connectivity index (χ4v) is 7.83. The van der Waals surface area contributed by atoms with Crippen LogP contribution in [-0.4, -0.2) is 8.80 Å². The minimum absolute atomic E-state index is 0.00832. The Labute approximate surface area is 141 Å². The predicted molar refractivity (Wildman–Crippen MR) is 94.2 cm³/mol. The third kappa shape index (κ3) is 4.23. The molecule has 1 radical (unpaired) electrons. The molecule has 0 amide bonds. The van der Waals surface area contributed by atoms with E-state index in [2.05, 4.69) is 6.92 Å². The first-order chi connectivity index (χ1) is 11.2. The molecule has 3 rings (SSSR count). The minimum Gasteiger partial charge on any atom is -0.204 e. The summed E-state index contributed by atoms with van der Waals surface area (Å²) in [5.41, 5.74) is 0.999. The van der Waals surface area contributed by atoms with Gasteiger partial charge in [-0.25, -0.2) is 8.78 Å². The van der Waals surface area contributed by atoms with Gasteiger partial charge in [-0.05, 0) is 61.1 Å². The van der Waals surface area contributed by atoms with Gasteiger partial charge in [-0.15, -0.1) is 0 Å². The van der Waals surface area contributed by atoms with Crippen LogP contribution in [-0.2, 0) is 0 Å². The van der Waals surface area contributed by atoms with Gasteiger partial charge in [-0.3, -0.25) is 0 Å². The molecule has 1 aromatic carbocycles. The molecule has 1 saturated heterocycles. The first-order valence-corrected chi connectivity index (χ1v) is 11.6. The molecule has 1 aromatic rings. The zero-order valence-electron chi connectivity index (χ0n) is 14.3. The summed E-state index contributed by atoms with van der Waals surface area (Å²) < 4.78 is 26.5. The van der Waals surface area contributed by atoms with Gasteiger partial charge in [0.15, 0.2) is 11.6 Å². The average molecular weight is 336 g/mol. The van der Waals surface area contributed by atoms with Crippen molar-refractivity contribution in [2.75, 3.05) is 0 Å². The SMILES string of the molecule is CCC[Si]1CCC(C2CCC(c3ccc(F)c(F)c3)CC2)CC1. The quantitative estimate of drug-likeness (QED) is 0.547. The van der Waals surface area contributed by atoms with Gasteiger partial charge in [0.05, 0.1) is 0 Å². The molecule has 1 aliphatic heterocycles. The summed E-state index contributed by atoms with van der Waals surface area (Å²) in [4.78, 5) is 0. The lowest BCUT2D eigenvalue weighted by atomic mass is 9.72. The summed E-state index contributed by atoms with van der Waals surface area (Å²) in [6.07, 6.45) is 9.17. The number of rotatable bonds is 4. The summed E-state index contributed by atoms with van der Waals surface area (Å²) in [5, 5.41) is 0. The van der Waals surface area contributed by atoms with Crippen LogP contribution < -0.4 is 0 Å². The van der Waals surface area contributed by atoms with E-state index in [1.54, 1.807) is 6.07 Å². The second-order valence-electron chi connectivity index (χ2n) is 7.62. The largest absolute Gasteiger partial charge is 0.204 e. The van der Waals surface area contributed by atoms with Crippen LogP contribution in [0.5, 0.6) is 0 Å². The van der Waals surface area contributed by atoms with E-state index in [4.69, 9.17) is 0 Å². The third-order valence-electron chi connectivity index (χ3n) is 6.19. The Bertz CT molecular complexity index is 500.